The summed E-state index contributed by atoms with van der Waals surface area (Å²) in [5.41, 5.74) is 4.60. The van der Waals surface area contributed by atoms with E-state index < -0.39 is 0 Å². The third-order valence-corrected chi connectivity index (χ3v) is 6.02. The molecule has 0 saturated heterocycles. The zero-order valence-electron chi connectivity index (χ0n) is 18.9. The van der Waals surface area contributed by atoms with Gasteiger partial charge in [0, 0.05) is 16.6 Å². The Morgan fingerprint density at radius 3 is 2.57 bits per heavy atom. The van der Waals surface area contributed by atoms with Crippen LogP contribution in [0.2, 0.25) is 5.02 Å². The molecule has 5 aromatic rings. The second-order valence-corrected chi connectivity index (χ2v) is 8.31. The SMILES string of the molecule is COc1ccc(NC(=O)c2cc(-c3cnn(-c4ccc(F)cc4)c3C)nc3ccccc23)cc1Cl. The first-order chi connectivity index (χ1) is 16.9. The Hall–Kier alpha value is -4.23. The summed E-state index contributed by atoms with van der Waals surface area (Å²) in [5, 5.41) is 8.49. The fourth-order valence-corrected chi connectivity index (χ4v) is 4.21. The number of methoxy groups -OCH3 is 1. The Morgan fingerprint density at radius 1 is 1.06 bits per heavy atom. The van der Waals surface area contributed by atoms with Crippen molar-refractivity contribution in [1.82, 2.24) is 14.8 Å². The lowest BCUT2D eigenvalue weighted by Crippen LogP contribution is -2.13. The van der Waals surface area contributed by atoms with Crippen LogP contribution in [-0.2, 0) is 0 Å². The van der Waals surface area contributed by atoms with Gasteiger partial charge in [-0.25, -0.2) is 14.1 Å². The maximum Gasteiger partial charge on any atom is 0.256 e. The van der Waals surface area contributed by atoms with E-state index in [-0.39, 0.29) is 11.7 Å². The van der Waals surface area contributed by atoms with Crippen molar-refractivity contribution in [2.75, 3.05) is 12.4 Å². The van der Waals surface area contributed by atoms with E-state index in [2.05, 4.69) is 10.4 Å². The van der Waals surface area contributed by atoms with E-state index in [1.807, 2.05) is 31.2 Å². The molecule has 0 aliphatic carbocycles. The summed E-state index contributed by atoms with van der Waals surface area (Å²) in [5.74, 6) is -0.0894. The zero-order valence-corrected chi connectivity index (χ0v) is 19.7. The molecule has 3 aromatic carbocycles. The van der Waals surface area contributed by atoms with Gasteiger partial charge in [0.2, 0.25) is 0 Å². The standard InChI is InChI=1S/C27H20ClFN4O2/c1-16-22(15-30-33(16)19-10-7-17(29)8-11-19)25-14-21(20-5-3-4-6-24(20)32-25)27(34)31-18-9-12-26(35-2)23(28)13-18/h3-15H,1-2H3,(H,31,34). The highest BCUT2D eigenvalue weighted by molar-refractivity contribution is 6.32. The van der Waals surface area contributed by atoms with Crippen LogP contribution in [0.25, 0.3) is 27.8 Å². The average Bonchev–Trinajstić information content (AvgIpc) is 3.25. The molecule has 2 aromatic heterocycles. The molecule has 8 heteroatoms. The molecule has 0 aliphatic rings. The van der Waals surface area contributed by atoms with Crippen molar-refractivity contribution < 1.29 is 13.9 Å². The lowest BCUT2D eigenvalue weighted by Gasteiger charge is -2.12. The highest BCUT2D eigenvalue weighted by Gasteiger charge is 2.18. The Morgan fingerprint density at radius 2 is 1.83 bits per heavy atom. The molecule has 174 valence electrons. The summed E-state index contributed by atoms with van der Waals surface area (Å²) in [7, 11) is 1.53. The fraction of sp³-hybridized carbons (Fsp3) is 0.0741. The van der Waals surface area contributed by atoms with Gasteiger partial charge < -0.3 is 10.1 Å². The summed E-state index contributed by atoms with van der Waals surface area (Å²) in [4.78, 5) is 18.1. The average molecular weight is 487 g/mol. The van der Waals surface area contributed by atoms with Gasteiger partial charge in [0.15, 0.2) is 0 Å². The molecule has 0 saturated carbocycles. The molecular weight excluding hydrogens is 467 g/mol. The Balaban J connectivity index is 1.56. The Bertz CT molecular complexity index is 1560. The number of benzene rings is 3. The summed E-state index contributed by atoms with van der Waals surface area (Å²) in [6, 6.07) is 20.4. The smallest absolute Gasteiger partial charge is 0.256 e. The van der Waals surface area contributed by atoms with E-state index in [9.17, 15) is 9.18 Å². The van der Waals surface area contributed by atoms with Crippen LogP contribution >= 0.6 is 11.6 Å². The molecule has 35 heavy (non-hydrogen) atoms. The second kappa shape index (κ2) is 9.19. The molecule has 0 aliphatic heterocycles. The molecule has 0 spiro atoms. The fourth-order valence-electron chi connectivity index (χ4n) is 3.95. The van der Waals surface area contributed by atoms with E-state index in [1.54, 1.807) is 47.3 Å². The Kier molecular flexibility index (Phi) is 5.93. The normalized spacial score (nSPS) is 11.0. The number of pyridine rings is 1. The summed E-state index contributed by atoms with van der Waals surface area (Å²) >= 11 is 6.22. The molecule has 0 radical (unpaired) electrons. The number of amides is 1. The minimum Gasteiger partial charge on any atom is -0.495 e. The first kappa shape index (κ1) is 22.6. The maximum absolute atomic E-state index is 13.4. The number of halogens is 2. The molecule has 2 heterocycles. The third-order valence-electron chi connectivity index (χ3n) is 5.73. The Labute approximate surface area is 205 Å². The van der Waals surface area contributed by atoms with Crippen LogP contribution in [0.15, 0.2) is 79.0 Å². The number of ether oxygens (including phenoxy) is 1. The zero-order chi connectivity index (χ0) is 24.5. The van der Waals surface area contributed by atoms with Crippen LogP contribution in [0.3, 0.4) is 0 Å². The number of carbonyl (C=O) groups excluding carboxylic acids is 1. The van der Waals surface area contributed by atoms with E-state index in [0.29, 0.717) is 33.2 Å². The number of nitrogens with zero attached hydrogens (tertiary/aromatic N) is 3. The van der Waals surface area contributed by atoms with Gasteiger partial charge in [-0.05, 0) is 61.5 Å². The molecule has 0 bridgehead atoms. The number of hydrogen-bond acceptors (Lipinski definition) is 4. The van der Waals surface area contributed by atoms with Crippen LogP contribution in [0.5, 0.6) is 5.75 Å². The van der Waals surface area contributed by atoms with Crippen LogP contribution in [0, 0.1) is 12.7 Å². The molecule has 5 rings (SSSR count). The van der Waals surface area contributed by atoms with E-state index in [0.717, 1.165) is 22.3 Å². The van der Waals surface area contributed by atoms with Crippen molar-refractivity contribution in [1.29, 1.82) is 0 Å². The van der Waals surface area contributed by atoms with Gasteiger partial charge in [-0.1, -0.05) is 29.8 Å². The van der Waals surface area contributed by atoms with Crippen LogP contribution < -0.4 is 10.1 Å². The molecule has 0 atom stereocenters. The lowest BCUT2D eigenvalue weighted by atomic mass is 10.0. The predicted molar refractivity (Wildman–Crippen MR) is 135 cm³/mol. The van der Waals surface area contributed by atoms with E-state index in [4.69, 9.17) is 21.3 Å². The quantitative estimate of drug-likeness (QED) is 0.310. The predicted octanol–water partition coefficient (Wildman–Crippen LogP) is 6.45. The first-order valence-corrected chi connectivity index (χ1v) is 11.2. The minimum atomic E-state index is -0.316. The van der Waals surface area contributed by atoms with Crippen molar-refractivity contribution in [2.45, 2.75) is 6.92 Å². The van der Waals surface area contributed by atoms with Gasteiger partial charge in [-0.3, -0.25) is 4.79 Å². The van der Waals surface area contributed by atoms with Crippen molar-refractivity contribution in [2.24, 2.45) is 0 Å². The largest absolute Gasteiger partial charge is 0.495 e. The van der Waals surface area contributed by atoms with Crippen molar-refractivity contribution in [3.63, 3.8) is 0 Å². The monoisotopic (exact) mass is 486 g/mol. The van der Waals surface area contributed by atoms with Gasteiger partial charge in [0.25, 0.3) is 5.91 Å². The minimum absolute atomic E-state index is 0.297. The highest BCUT2D eigenvalue weighted by atomic mass is 35.5. The summed E-state index contributed by atoms with van der Waals surface area (Å²) in [6.07, 6.45) is 1.70. The van der Waals surface area contributed by atoms with Gasteiger partial charge in [0.05, 0.1) is 46.5 Å². The van der Waals surface area contributed by atoms with E-state index >= 15 is 0 Å². The third kappa shape index (κ3) is 4.34. The van der Waals surface area contributed by atoms with Gasteiger partial charge in [-0.2, -0.15) is 5.10 Å². The van der Waals surface area contributed by atoms with Gasteiger partial charge in [-0.15, -0.1) is 0 Å². The van der Waals surface area contributed by atoms with Crippen LogP contribution in [0.4, 0.5) is 10.1 Å². The van der Waals surface area contributed by atoms with E-state index in [1.165, 1.54) is 19.2 Å². The topological polar surface area (TPSA) is 69.0 Å². The second-order valence-electron chi connectivity index (χ2n) is 7.91. The van der Waals surface area contributed by atoms with Crippen LogP contribution in [0.1, 0.15) is 16.1 Å². The first-order valence-electron chi connectivity index (χ1n) is 10.8. The molecule has 6 nitrogen and oxygen atoms in total. The molecule has 0 fully saturated rings. The van der Waals surface area contributed by atoms with Crippen molar-refractivity contribution in [3.05, 3.63) is 101 Å². The number of nitrogens with one attached hydrogen (secondary N) is 1. The summed E-state index contributed by atoms with van der Waals surface area (Å²) in [6.45, 7) is 1.90. The molecule has 0 unspecified atom stereocenters. The van der Waals surface area contributed by atoms with Gasteiger partial charge in [0.1, 0.15) is 11.6 Å². The summed E-state index contributed by atoms with van der Waals surface area (Å²) < 4.78 is 20.3. The highest BCUT2D eigenvalue weighted by Crippen LogP contribution is 2.30. The van der Waals surface area contributed by atoms with Gasteiger partial charge >= 0.3 is 0 Å². The number of hydrogen-bond donors (Lipinski definition) is 1. The lowest BCUT2D eigenvalue weighted by molar-refractivity contribution is 0.102. The number of anilines is 1. The van der Waals surface area contributed by atoms with Crippen LogP contribution in [-0.4, -0.2) is 27.8 Å². The van der Waals surface area contributed by atoms with Crippen molar-refractivity contribution >= 4 is 34.1 Å². The number of aromatic nitrogens is 3. The maximum atomic E-state index is 13.4. The number of fused-ring (bicyclic) bond motifs is 1. The molecular formula is C27H20ClFN4O2. The number of carbonyl (C=O) groups is 1. The molecule has 1 N–H and O–H groups in total. The number of para-hydroxylation sites is 1. The number of rotatable bonds is 5. The van der Waals surface area contributed by atoms with Crippen molar-refractivity contribution in [3.8, 4) is 22.7 Å². The molecule has 1 amide bonds.